The molecule has 1 aromatic heterocycles. The molecule has 0 aliphatic rings. The minimum absolute atomic E-state index is 0.335. The Morgan fingerprint density at radius 3 is 2.59 bits per heavy atom. The molecule has 0 unspecified atom stereocenters. The summed E-state index contributed by atoms with van der Waals surface area (Å²) in [7, 11) is 1.62. The first-order valence-electron chi connectivity index (χ1n) is 8.33. The zero-order valence-electron chi connectivity index (χ0n) is 14.9. The highest BCUT2D eigenvalue weighted by Gasteiger charge is 2.14. The van der Waals surface area contributed by atoms with E-state index < -0.39 is 0 Å². The summed E-state index contributed by atoms with van der Waals surface area (Å²) in [5, 5.41) is 0.897. The average Bonchev–Trinajstić information content (AvgIpc) is 3.01. The van der Waals surface area contributed by atoms with Crippen molar-refractivity contribution in [3.63, 3.8) is 0 Å². The van der Waals surface area contributed by atoms with Crippen molar-refractivity contribution in [1.29, 1.82) is 0 Å². The van der Waals surface area contributed by atoms with E-state index in [0.29, 0.717) is 45.9 Å². The molecule has 1 heterocycles. The second-order valence-corrected chi connectivity index (χ2v) is 7.41. The van der Waals surface area contributed by atoms with Gasteiger partial charge in [-0.05, 0) is 43.3 Å². The predicted molar refractivity (Wildman–Crippen MR) is 109 cm³/mol. The van der Waals surface area contributed by atoms with Crippen LogP contribution in [0.15, 0.2) is 41.4 Å². The molecule has 0 aliphatic carbocycles. The number of amides is 1. The summed E-state index contributed by atoms with van der Waals surface area (Å²) < 4.78 is 13.4. The van der Waals surface area contributed by atoms with Gasteiger partial charge in [-0.25, -0.2) is 0 Å². The molecule has 0 N–H and O–H groups in total. The number of carbonyl (C=O) groups is 1. The highest BCUT2D eigenvalue weighted by Crippen LogP contribution is 2.32. The van der Waals surface area contributed by atoms with Crippen molar-refractivity contribution in [1.82, 2.24) is 4.57 Å². The molecule has 142 valence electrons. The molecular formula is C19H18Cl2N2O3S. The Morgan fingerprint density at radius 1 is 1.19 bits per heavy atom. The van der Waals surface area contributed by atoms with Crippen LogP contribution in [0.2, 0.25) is 10.0 Å². The zero-order chi connectivity index (χ0) is 19.4. The largest absolute Gasteiger partial charge is 0.494 e. The number of hydrogen-bond acceptors (Lipinski definition) is 4. The van der Waals surface area contributed by atoms with Gasteiger partial charge in [0.15, 0.2) is 4.80 Å². The van der Waals surface area contributed by atoms with Crippen molar-refractivity contribution in [2.24, 2.45) is 4.99 Å². The fraction of sp³-hybridized carbons (Fsp3) is 0.263. The fourth-order valence-electron chi connectivity index (χ4n) is 2.59. The first kappa shape index (κ1) is 19.9. The van der Waals surface area contributed by atoms with Gasteiger partial charge in [0.05, 0.1) is 33.5 Å². The van der Waals surface area contributed by atoms with Crippen LogP contribution >= 0.6 is 34.5 Å². The molecule has 0 fully saturated rings. The minimum Gasteiger partial charge on any atom is -0.494 e. The summed E-state index contributed by atoms with van der Waals surface area (Å²) >= 11 is 13.9. The Kier molecular flexibility index (Phi) is 6.55. The molecule has 0 bridgehead atoms. The van der Waals surface area contributed by atoms with Gasteiger partial charge in [-0.3, -0.25) is 4.79 Å². The topological polar surface area (TPSA) is 52.8 Å². The molecule has 8 heteroatoms. The molecular weight excluding hydrogens is 407 g/mol. The maximum Gasteiger partial charge on any atom is 0.279 e. The number of hydrogen-bond donors (Lipinski definition) is 0. The predicted octanol–water partition coefficient (Wildman–Crippen LogP) is 4.80. The number of aromatic nitrogens is 1. The van der Waals surface area contributed by atoms with Crippen molar-refractivity contribution in [2.75, 3.05) is 20.3 Å². The lowest BCUT2D eigenvalue weighted by Crippen LogP contribution is -2.19. The third-order valence-electron chi connectivity index (χ3n) is 3.86. The summed E-state index contributed by atoms with van der Waals surface area (Å²) in [6.07, 6.45) is 0. The maximum atomic E-state index is 12.6. The van der Waals surface area contributed by atoms with Crippen LogP contribution in [-0.2, 0) is 11.3 Å². The summed E-state index contributed by atoms with van der Waals surface area (Å²) in [5.41, 5.74) is 1.24. The highest BCUT2D eigenvalue weighted by molar-refractivity contribution is 7.16. The summed E-state index contributed by atoms with van der Waals surface area (Å²) in [5.74, 6) is 0.380. The average molecular weight is 425 g/mol. The number of ether oxygens (including phenoxy) is 2. The molecule has 0 spiro atoms. The molecule has 2 aromatic carbocycles. The van der Waals surface area contributed by atoms with E-state index >= 15 is 0 Å². The second-order valence-electron chi connectivity index (χ2n) is 5.61. The monoisotopic (exact) mass is 424 g/mol. The second kappa shape index (κ2) is 8.89. The van der Waals surface area contributed by atoms with E-state index in [1.807, 2.05) is 17.6 Å². The SMILES string of the molecule is CCOc1ccc(C(=O)N=c2sc3ccc(Cl)c(Cl)c3n2CCOC)cc1. The van der Waals surface area contributed by atoms with E-state index in [4.69, 9.17) is 32.7 Å². The standard InChI is InChI=1S/C19H18Cl2N2O3S/c1-3-26-13-6-4-12(5-7-13)18(24)22-19-23(10-11-25-2)17-15(27-19)9-8-14(20)16(17)21/h4-9H,3,10-11H2,1-2H3. The van der Waals surface area contributed by atoms with Crippen molar-refractivity contribution in [2.45, 2.75) is 13.5 Å². The van der Waals surface area contributed by atoms with Crippen LogP contribution in [0.3, 0.4) is 0 Å². The number of thiazole rings is 1. The summed E-state index contributed by atoms with van der Waals surface area (Å²) in [6.45, 7) is 3.44. The van der Waals surface area contributed by atoms with Crippen molar-refractivity contribution < 1.29 is 14.3 Å². The van der Waals surface area contributed by atoms with E-state index in [9.17, 15) is 4.79 Å². The third kappa shape index (κ3) is 4.35. The lowest BCUT2D eigenvalue weighted by Gasteiger charge is -2.06. The van der Waals surface area contributed by atoms with Crippen molar-refractivity contribution >= 4 is 50.7 Å². The van der Waals surface area contributed by atoms with Gasteiger partial charge in [0.2, 0.25) is 0 Å². The van der Waals surface area contributed by atoms with Gasteiger partial charge in [-0.2, -0.15) is 4.99 Å². The van der Waals surface area contributed by atoms with Gasteiger partial charge in [-0.15, -0.1) is 0 Å². The van der Waals surface area contributed by atoms with E-state index in [1.54, 1.807) is 37.4 Å². The Bertz CT molecular complexity index is 1030. The highest BCUT2D eigenvalue weighted by atomic mass is 35.5. The summed E-state index contributed by atoms with van der Waals surface area (Å²) in [4.78, 5) is 17.5. The maximum absolute atomic E-state index is 12.6. The number of halogens is 2. The Morgan fingerprint density at radius 2 is 1.93 bits per heavy atom. The lowest BCUT2D eigenvalue weighted by molar-refractivity contribution is 0.0997. The molecule has 0 saturated carbocycles. The van der Waals surface area contributed by atoms with Crippen molar-refractivity contribution in [3.8, 4) is 5.75 Å². The van der Waals surface area contributed by atoms with Gasteiger partial charge in [0.25, 0.3) is 5.91 Å². The van der Waals surface area contributed by atoms with E-state index in [2.05, 4.69) is 4.99 Å². The summed E-state index contributed by atoms with van der Waals surface area (Å²) in [6, 6.07) is 10.5. The molecule has 0 saturated heterocycles. The van der Waals surface area contributed by atoms with Crippen LogP contribution in [-0.4, -0.2) is 30.8 Å². The minimum atomic E-state index is -0.335. The van der Waals surface area contributed by atoms with Gasteiger partial charge in [0, 0.05) is 19.2 Å². The van der Waals surface area contributed by atoms with E-state index in [-0.39, 0.29) is 5.91 Å². The molecule has 5 nitrogen and oxygen atoms in total. The van der Waals surface area contributed by atoms with Crippen LogP contribution < -0.4 is 9.54 Å². The number of benzene rings is 2. The zero-order valence-corrected chi connectivity index (χ0v) is 17.2. The number of rotatable bonds is 6. The van der Waals surface area contributed by atoms with E-state index in [1.165, 1.54) is 11.3 Å². The lowest BCUT2D eigenvalue weighted by atomic mass is 10.2. The Hall–Kier alpha value is -1.86. The van der Waals surface area contributed by atoms with Crippen LogP contribution in [0.25, 0.3) is 10.2 Å². The molecule has 0 atom stereocenters. The number of nitrogens with zero attached hydrogens (tertiary/aromatic N) is 2. The van der Waals surface area contributed by atoms with Gasteiger partial charge >= 0.3 is 0 Å². The normalized spacial score (nSPS) is 11.9. The molecule has 3 rings (SSSR count). The molecule has 27 heavy (non-hydrogen) atoms. The Balaban J connectivity index is 2.06. The van der Waals surface area contributed by atoms with Crippen LogP contribution in [0.5, 0.6) is 5.75 Å². The first-order valence-corrected chi connectivity index (χ1v) is 9.90. The van der Waals surface area contributed by atoms with Gasteiger partial charge in [0.1, 0.15) is 5.75 Å². The fourth-order valence-corrected chi connectivity index (χ4v) is 4.13. The van der Waals surface area contributed by atoms with Gasteiger partial charge < -0.3 is 14.0 Å². The molecule has 1 amide bonds. The molecule has 0 aliphatic heterocycles. The van der Waals surface area contributed by atoms with Crippen molar-refractivity contribution in [3.05, 3.63) is 56.8 Å². The van der Waals surface area contributed by atoms with Crippen LogP contribution in [0.4, 0.5) is 0 Å². The van der Waals surface area contributed by atoms with Crippen LogP contribution in [0.1, 0.15) is 17.3 Å². The number of methoxy groups -OCH3 is 1. The van der Waals surface area contributed by atoms with Gasteiger partial charge in [-0.1, -0.05) is 34.5 Å². The third-order valence-corrected chi connectivity index (χ3v) is 5.70. The molecule has 3 aromatic rings. The smallest absolute Gasteiger partial charge is 0.279 e. The van der Waals surface area contributed by atoms with E-state index in [0.717, 1.165) is 10.2 Å². The van der Waals surface area contributed by atoms with Crippen LogP contribution in [0, 0.1) is 0 Å². The Labute approximate surface area is 170 Å². The quantitative estimate of drug-likeness (QED) is 0.570. The molecule has 0 radical (unpaired) electrons. The first-order chi connectivity index (χ1) is 13.0. The number of carbonyl (C=O) groups excluding carboxylic acids is 1. The number of fused-ring (bicyclic) bond motifs is 1.